The number of fused-ring (bicyclic) bond motifs is 2. The van der Waals surface area contributed by atoms with Gasteiger partial charge in [-0.3, -0.25) is 9.59 Å². The van der Waals surface area contributed by atoms with Crippen LogP contribution < -0.4 is 10.9 Å². The van der Waals surface area contributed by atoms with Gasteiger partial charge in [0.25, 0.3) is 5.56 Å². The van der Waals surface area contributed by atoms with Gasteiger partial charge < -0.3 is 15.3 Å². The molecule has 0 radical (unpaired) electrons. The number of anilines is 1. The van der Waals surface area contributed by atoms with Crippen molar-refractivity contribution in [2.24, 2.45) is 0 Å². The maximum absolute atomic E-state index is 12.3. The first-order valence-electron chi connectivity index (χ1n) is 8.09. The molecule has 2 aromatic heterocycles. The van der Waals surface area contributed by atoms with Crippen molar-refractivity contribution < 1.29 is 4.79 Å². The fourth-order valence-corrected chi connectivity index (χ4v) is 3.06. The maximum atomic E-state index is 12.3. The third kappa shape index (κ3) is 3.04. The molecular weight excluding hydrogens is 314 g/mol. The summed E-state index contributed by atoms with van der Waals surface area (Å²) in [5.74, 6) is -0.215. The number of carbonyl (C=O) groups excluding carboxylic acids is 1. The highest BCUT2D eigenvalue weighted by atomic mass is 16.2. The first-order valence-corrected chi connectivity index (χ1v) is 8.09. The summed E-state index contributed by atoms with van der Waals surface area (Å²) < 4.78 is 0. The molecular formula is C20H17N3O2. The molecule has 0 spiro atoms. The number of pyridine rings is 1. The number of aromatic nitrogens is 2. The van der Waals surface area contributed by atoms with E-state index in [-0.39, 0.29) is 17.9 Å². The second kappa shape index (κ2) is 5.94. The number of hydrogen-bond donors (Lipinski definition) is 3. The molecule has 5 heteroatoms. The lowest BCUT2D eigenvalue weighted by molar-refractivity contribution is -0.115. The lowest BCUT2D eigenvalue weighted by atomic mass is 10.1. The second-order valence-corrected chi connectivity index (χ2v) is 6.19. The topological polar surface area (TPSA) is 77.8 Å². The molecule has 2 heterocycles. The van der Waals surface area contributed by atoms with Crippen LogP contribution in [0, 0.1) is 6.92 Å². The molecule has 124 valence electrons. The quantitative estimate of drug-likeness (QED) is 0.537. The smallest absolute Gasteiger partial charge is 0.252 e. The molecule has 0 aliphatic carbocycles. The van der Waals surface area contributed by atoms with E-state index in [1.54, 1.807) is 6.07 Å². The highest BCUT2D eigenvalue weighted by Gasteiger charge is 2.09. The Balaban J connectivity index is 1.56. The summed E-state index contributed by atoms with van der Waals surface area (Å²) in [7, 11) is 0. The van der Waals surface area contributed by atoms with E-state index >= 15 is 0 Å². The highest BCUT2D eigenvalue weighted by molar-refractivity contribution is 5.95. The molecule has 0 atom stereocenters. The first-order chi connectivity index (χ1) is 12.1. The van der Waals surface area contributed by atoms with E-state index in [9.17, 15) is 9.59 Å². The van der Waals surface area contributed by atoms with Crippen molar-refractivity contribution in [1.82, 2.24) is 9.97 Å². The van der Waals surface area contributed by atoms with Crippen LogP contribution in [0.15, 0.2) is 59.4 Å². The summed E-state index contributed by atoms with van der Waals surface area (Å²) in [5.41, 5.74) is 3.81. The van der Waals surface area contributed by atoms with E-state index in [1.165, 1.54) is 0 Å². The third-order valence-electron chi connectivity index (χ3n) is 4.22. The molecule has 4 rings (SSSR count). The first kappa shape index (κ1) is 15.2. The fraction of sp³-hybridized carbons (Fsp3) is 0.100. The molecule has 0 aliphatic heterocycles. The molecule has 25 heavy (non-hydrogen) atoms. The number of hydrogen-bond acceptors (Lipinski definition) is 2. The minimum atomic E-state index is -0.231. The molecule has 0 unspecified atom stereocenters. The SMILES string of the molecule is Cc1cc2cc(NC(=O)Cc3cc4ccccc4[nH]c3=O)ccc2[nH]1. The van der Waals surface area contributed by atoms with E-state index in [1.807, 2.05) is 55.5 Å². The maximum Gasteiger partial charge on any atom is 0.252 e. The summed E-state index contributed by atoms with van der Waals surface area (Å²) in [5, 5.41) is 4.81. The normalized spacial score (nSPS) is 11.1. The van der Waals surface area contributed by atoms with Crippen LogP contribution in [0.2, 0.25) is 0 Å². The Hall–Kier alpha value is -3.34. The van der Waals surface area contributed by atoms with Crippen molar-refractivity contribution in [1.29, 1.82) is 0 Å². The van der Waals surface area contributed by atoms with Crippen molar-refractivity contribution in [3.8, 4) is 0 Å². The molecule has 5 nitrogen and oxygen atoms in total. The standard InChI is InChI=1S/C20H17N3O2/c1-12-8-14-10-16(6-7-18(14)21-12)22-19(24)11-15-9-13-4-2-3-5-17(13)23-20(15)25/h2-10,21H,11H2,1H3,(H,22,24)(H,23,25). The third-order valence-corrected chi connectivity index (χ3v) is 4.22. The predicted octanol–water partition coefficient (Wildman–Crippen LogP) is 3.50. The van der Waals surface area contributed by atoms with Crippen LogP contribution in [0.25, 0.3) is 21.8 Å². The number of benzene rings is 2. The lowest BCUT2D eigenvalue weighted by Crippen LogP contribution is -2.21. The van der Waals surface area contributed by atoms with E-state index in [2.05, 4.69) is 15.3 Å². The minimum absolute atomic E-state index is 0.0321. The number of H-pyrrole nitrogens is 2. The van der Waals surface area contributed by atoms with Crippen LogP contribution in [-0.4, -0.2) is 15.9 Å². The zero-order valence-corrected chi connectivity index (χ0v) is 13.7. The zero-order valence-electron chi connectivity index (χ0n) is 13.7. The second-order valence-electron chi connectivity index (χ2n) is 6.19. The van der Waals surface area contributed by atoms with Gasteiger partial charge in [-0.15, -0.1) is 0 Å². The Labute approximate surface area is 143 Å². The van der Waals surface area contributed by atoms with Gasteiger partial charge >= 0.3 is 0 Å². The summed E-state index contributed by atoms with van der Waals surface area (Å²) >= 11 is 0. The Morgan fingerprint density at radius 1 is 0.960 bits per heavy atom. The van der Waals surface area contributed by atoms with Crippen LogP contribution >= 0.6 is 0 Å². The zero-order chi connectivity index (χ0) is 17.4. The van der Waals surface area contributed by atoms with Crippen LogP contribution in [-0.2, 0) is 11.2 Å². The van der Waals surface area contributed by atoms with Gasteiger partial charge in [0.15, 0.2) is 0 Å². The fourth-order valence-electron chi connectivity index (χ4n) is 3.06. The summed E-state index contributed by atoms with van der Waals surface area (Å²) in [4.78, 5) is 30.6. The van der Waals surface area contributed by atoms with Crippen LogP contribution in [0.4, 0.5) is 5.69 Å². The van der Waals surface area contributed by atoms with Crippen molar-refractivity contribution in [2.45, 2.75) is 13.3 Å². The van der Waals surface area contributed by atoms with Crippen LogP contribution in [0.5, 0.6) is 0 Å². The van der Waals surface area contributed by atoms with Gasteiger partial charge in [-0.1, -0.05) is 18.2 Å². The number of aryl methyl sites for hydroxylation is 1. The Morgan fingerprint density at radius 3 is 2.64 bits per heavy atom. The van der Waals surface area contributed by atoms with Gasteiger partial charge in [-0.25, -0.2) is 0 Å². The number of aromatic amines is 2. The highest BCUT2D eigenvalue weighted by Crippen LogP contribution is 2.20. The van der Waals surface area contributed by atoms with Crippen molar-refractivity contribution in [3.05, 3.63) is 76.2 Å². The van der Waals surface area contributed by atoms with Gasteiger partial charge in [0.1, 0.15) is 0 Å². The number of rotatable bonds is 3. The summed E-state index contributed by atoms with van der Waals surface area (Å²) in [6, 6.07) is 17.0. The van der Waals surface area contributed by atoms with E-state index in [0.29, 0.717) is 11.3 Å². The largest absolute Gasteiger partial charge is 0.359 e. The average molecular weight is 331 g/mol. The Morgan fingerprint density at radius 2 is 1.76 bits per heavy atom. The van der Waals surface area contributed by atoms with Crippen molar-refractivity contribution in [3.63, 3.8) is 0 Å². The minimum Gasteiger partial charge on any atom is -0.359 e. The molecule has 3 N–H and O–H groups in total. The number of carbonyl (C=O) groups is 1. The van der Waals surface area contributed by atoms with Gasteiger partial charge in [-0.2, -0.15) is 0 Å². The molecule has 1 amide bonds. The van der Waals surface area contributed by atoms with Gasteiger partial charge in [0.2, 0.25) is 5.91 Å². The van der Waals surface area contributed by atoms with E-state index in [4.69, 9.17) is 0 Å². The van der Waals surface area contributed by atoms with E-state index < -0.39 is 0 Å². The molecule has 0 bridgehead atoms. The average Bonchev–Trinajstić information content (AvgIpc) is 2.95. The van der Waals surface area contributed by atoms with Gasteiger partial charge in [0, 0.05) is 33.4 Å². The van der Waals surface area contributed by atoms with Gasteiger partial charge in [-0.05, 0) is 48.7 Å². The molecule has 0 fully saturated rings. The molecule has 0 saturated carbocycles. The number of para-hydroxylation sites is 1. The number of amides is 1. The Bertz CT molecular complexity index is 1150. The molecule has 0 aliphatic rings. The number of nitrogens with one attached hydrogen (secondary N) is 3. The predicted molar refractivity (Wildman–Crippen MR) is 99.9 cm³/mol. The van der Waals surface area contributed by atoms with Crippen LogP contribution in [0.3, 0.4) is 0 Å². The summed E-state index contributed by atoms with van der Waals surface area (Å²) in [6.45, 7) is 1.99. The molecule has 4 aromatic rings. The molecule has 2 aromatic carbocycles. The van der Waals surface area contributed by atoms with Gasteiger partial charge in [0.05, 0.1) is 6.42 Å². The van der Waals surface area contributed by atoms with E-state index in [0.717, 1.165) is 27.5 Å². The van der Waals surface area contributed by atoms with Crippen LogP contribution in [0.1, 0.15) is 11.3 Å². The Kier molecular flexibility index (Phi) is 3.61. The summed E-state index contributed by atoms with van der Waals surface area (Å²) in [6.07, 6.45) is 0.0321. The monoisotopic (exact) mass is 331 g/mol. The lowest BCUT2D eigenvalue weighted by Gasteiger charge is -2.06. The van der Waals surface area contributed by atoms with Crippen molar-refractivity contribution >= 4 is 33.4 Å². The molecule has 0 saturated heterocycles. The van der Waals surface area contributed by atoms with Crippen molar-refractivity contribution in [2.75, 3.05) is 5.32 Å².